The van der Waals surface area contributed by atoms with E-state index in [0.717, 1.165) is 37.7 Å². The molecule has 0 amide bonds. The summed E-state index contributed by atoms with van der Waals surface area (Å²) < 4.78 is 0. The Balaban J connectivity index is 2.28. The monoisotopic (exact) mass is 356 g/mol. The fourth-order valence-electron chi connectivity index (χ4n) is 5.38. The quantitative estimate of drug-likeness (QED) is 0.525. The predicted octanol–water partition coefficient (Wildman–Crippen LogP) is 7.00. The number of hydrogen-bond donors (Lipinski definition) is 1. The highest BCUT2D eigenvalue weighted by atomic mass is 16.3. The molecular formula is C25H40O. The third-order valence-corrected chi connectivity index (χ3v) is 7.94. The van der Waals surface area contributed by atoms with Gasteiger partial charge in [-0.15, -0.1) is 0 Å². The Morgan fingerprint density at radius 2 is 1.58 bits per heavy atom. The van der Waals surface area contributed by atoms with Crippen LogP contribution in [0.4, 0.5) is 0 Å². The van der Waals surface area contributed by atoms with Crippen molar-refractivity contribution in [2.24, 2.45) is 22.7 Å². The minimum Gasteiger partial charge on any atom is -0.385 e. The van der Waals surface area contributed by atoms with Crippen LogP contribution in [-0.2, 0) is 0 Å². The van der Waals surface area contributed by atoms with Gasteiger partial charge in [-0.2, -0.15) is 0 Å². The van der Waals surface area contributed by atoms with E-state index in [2.05, 4.69) is 73.8 Å². The number of hydrogen-bond acceptors (Lipinski definition) is 1. The zero-order valence-electron chi connectivity index (χ0n) is 18.2. The lowest BCUT2D eigenvalue weighted by molar-refractivity contribution is -0.0790. The number of rotatable bonds is 5. The van der Waals surface area contributed by atoms with Crippen LogP contribution in [0.5, 0.6) is 0 Å². The van der Waals surface area contributed by atoms with Gasteiger partial charge < -0.3 is 5.11 Å². The van der Waals surface area contributed by atoms with Crippen LogP contribution in [0, 0.1) is 22.7 Å². The normalized spacial score (nSPS) is 36.9. The topological polar surface area (TPSA) is 20.2 Å². The Hall–Kier alpha value is -1.08. The molecule has 1 unspecified atom stereocenters. The van der Waals surface area contributed by atoms with Gasteiger partial charge in [0, 0.05) is 5.41 Å². The molecule has 1 N–H and O–H groups in total. The van der Waals surface area contributed by atoms with E-state index >= 15 is 0 Å². The lowest BCUT2D eigenvalue weighted by atomic mass is 9.55. The molecule has 0 aliphatic heterocycles. The van der Waals surface area contributed by atoms with Gasteiger partial charge in [0.15, 0.2) is 0 Å². The van der Waals surface area contributed by atoms with Gasteiger partial charge in [-0.05, 0) is 82.6 Å². The van der Waals surface area contributed by atoms with Gasteiger partial charge >= 0.3 is 0 Å². The van der Waals surface area contributed by atoms with Crippen molar-refractivity contribution < 1.29 is 5.11 Å². The summed E-state index contributed by atoms with van der Waals surface area (Å²) in [4.78, 5) is 0. The van der Waals surface area contributed by atoms with Crippen LogP contribution in [0.25, 0.3) is 0 Å². The lowest BCUT2D eigenvalue weighted by Gasteiger charge is -2.53. The molecule has 0 spiro atoms. The number of aliphatic hydroxyl groups is 1. The molecule has 2 aliphatic rings. The van der Waals surface area contributed by atoms with Gasteiger partial charge in [-0.25, -0.2) is 0 Å². The van der Waals surface area contributed by atoms with Crippen LogP contribution in [0.1, 0.15) is 80.6 Å². The minimum atomic E-state index is -0.770. The maximum Gasteiger partial charge on any atom is 0.0910 e. The Bertz CT molecular complexity index is 647. The smallest absolute Gasteiger partial charge is 0.0910 e. The third kappa shape index (κ3) is 3.52. The van der Waals surface area contributed by atoms with E-state index in [-0.39, 0.29) is 10.8 Å². The molecule has 0 saturated carbocycles. The molecule has 2 aliphatic carbocycles. The fraction of sp³-hybridized carbons (Fsp3) is 0.680. The second kappa shape index (κ2) is 7.15. The highest BCUT2D eigenvalue weighted by Crippen LogP contribution is 2.54. The minimum absolute atomic E-state index is 0.143. The average molecular weight is 357 g/mol. The van der Waals surface area contributed by atoms with E-state index in [0.29, 0.717) is 11.8 Å². The van der Waals surface area contributed by atoms with Gasteiger partial charge in [0.1, 0.15) is 0 Å². The molecule has 0 fully saturated rings. The molecule has 1 nitrogen and oxygen atoms in total. The molecule has 0 aromatic heterocycles. The van der Waals surface area contributed by atoms with E-state index in [1.165, 1.54) is 16.7 Å². The summed E-state index contributed by atoms with van der Waals surface area (Å²) in [5, 5.41) is 11.8. The molecule has 0 aromatic rings. The summed E-state index contributed by atoms with van der Waals surface area (Å²) in [6.45, 7) is 23.9. The summed E-state index contributed by atoms with van der Waals surface area (Å²) >= 11 is 0. The first kappa shape index (κ1) is 21.2. The third-order valence-electron chi connectivity index (χ3n) is 7.94. The maximum absolute atomic E-state index is 11.8. The zero-order valence-corrected chi connectivity index (χ0v) is 18.2. The van der Waals surface area contributed by atoms with Crippen molar-refractivity contribution in [2.75, 3.05) is 0 Å². The summed E-state index contributed by atoms with van der Waals surface area (Å²) in [6, 6.07) is 0. The Morgan fingerprint density at radius 1 is 1.00 bits per heavy atom. The van der Waals surface area contributed by atoms with Gasteiger partial charge in [-0.1, -0.05) is 62.8 Å². The maximum atomic E-state index is 11.8. The van der Waals surface area contributed by atoms with Crippen molar-refractivity contribution >= 4 is 0 Å². The zero-order chi connectivity index (χ0) is 19.9. The second-order valence-corrected chi connectivity index (χ2v) is 10.0. The molecule has 0 saturated heterocycles. The first-order valence-electron chi connectivity index (χ1n) is 10.2. The van der Waals surface area contributed by atoms with Crippen LogP contribution in [0.15, 0.2) is 47.6 Å². The molecule has 1 heteroatoms. The molecular weight excluding hydrogens is 316 g/mol. The fourth-order valence-corrected chi connectivity index (χ4v) is 5.38. The van der Waals surface area contributed by atoms with Crippen LogP contribution < -0.4 is 0 Å². The molecule has 26 heavy (non-hydrogen) atoms. The first-order chi connectivity index (χ1) is 11.8. The SMILES string of the molecule is C=C(C)[C@@H]1CC=C(C)[C@](C)(CCC2(O)C(C)=CC[C@@H](C(=C)C)C2(C)C)C1. The van der Waals surface area contributed by atoms with E-state index in [4.69, 9.17) is 0 Å². The summed E-state index contributed by atoms with van der Waals surface area (Å²) in [6.07, 6.45) is 9.71. The van der Waals surface area contributed by atoms with Gasteiger partial charge in [-0.3, -0.25) is 0 Å². The molecule has 0 aromatic carbocycles. The van der Waals surface area contributed by atoms with Crippen molar-refractivity contribution in [3.8, 4) is 0 Å². The highest BCUT2D eigenvalue weighted by molar-refractivity contribution is 5.29. The van der Waals surface area contributed by atoms with Crippen LogP contribution in [0.2, 0.25) is 0 Å². The van der Waals surface area contributed by atoms with Gasteiger partial charge in [0.05, 0.1) is 5.60 Å². The predicted molar refractivity (Wildman–Crippen MR) is 114 cm³/mol. The van der Waals surface area contributed by atoms with E-state index < -0.39 is 5.60 Å². The average Bonchev–Trinajstić information content (AvgIpc) is 2.53. The van der Waals surface area contributed by atoms with Crippen molar-refractivity contribution in [2.45, 2.75) is 86.2 Å². The van der Waals surface area contributed by atoms with E-state index in [9.17, 15) is 5.11 Å². The first-order valence-corrected chi connectivity index (χ1v) is 10.2. The Labute approximate surface area is 162 Å². The Kier molecular flexibility index (Phi) is 5.84. The van der Waals surface area contributed by atoms with Crippen molar-refractivity contribution in [3.63, 3.8) is 0 Å². The molecule has 146 valence electrons. The van der Waals surface area contributed by atoms with Crippen LogP contribution in [0.3, 0.4) is 0 Å². The van der Waals surface area contributed by atoms with Gasteiger partial charge in [0.25, 0.3) is 0 Å². The molecule has 0 bridgehead atoms. The summed E-state index contributed by atoms with van der Waals surface area (Å²) in [7, 11) is 0. The lowest BCUT2D eigenvalue weighted by Crippen LogP contribution is -2.53. The van der Waals surface area contributed by atoms with Crippen molar-refractivity contribution in [1.82, 2.24) is 0 Å². The molecule has 2 rings (SSSR count). The highest BCUT2D eigenvalue weighted by Gasteiger charge is 2.52. The van der Waals surface area contributed by atoms with Crippen molar-refractivity contribution in [3.05, 3.63) is 47.6 Å². The van der Waals surface area contributed by atoms with Crippen molar-refractivity contribution in [1.29, 1.82) is 0 Å². The van der Waals surface area contributed by atoms with E-state index in [1.54, 1.807) is 0 Å². The van der Waals surface area contributed by atoms with Gasteiger partial charge in [0.2, 0.25) is 0 Å². The molecule has 0 radical (unpaired) electrons. The van der Waals surface area contributed by atoms with Crippen LogP contribution >= 0.6 is 0 Å². The summed E-state index contributed by atoms with van der Waals surface area (Å²) in [5.41, 5.74) is 4.25. The van der Waals surface area contributed by atoms with Crippen LogP contribution in [-0.4, -0.2) is 10.7 Å². The second-order valence-electron chi connectivity index (χ2n) is 10.0. The summed E-state index contributed by atoms with van der Waals surface area (Å²) in [5.74, 6) is 0.896. The standard InChI is InChI=1S/C25H40O/c1-17(2)21-12-10-19(5)24(9,16-21)14-15-25(26)20(6)11-13-22(18(3)4)23(25,7)8/h10-11,21-22,26H,1,3,12-16H2,2,4-9H3/t21-,22+,24-,25?/m1/s1. The molecule has 4 atom stereocenters. The largest absolute Gasteiger partial charge is 0.385 e. The number of allylic oxidation sites excluding steroid dienone is 5. The Morgan fingerprint density at radius 3 is 2.12 bits per heavy atom. The van der Waals surface area contributed by atoms with E-state index in [1.807, 2.05) is 0 Å². The molecule has 0 heterocycles.